The Morgan fingerprint density at radius 3 is 2.62 bits per heavy atom. The summed E-state index contributed by atoms with van der Waals surface area (Å²) >= 11 is 0. The first-order valence-electron chi connectivity index (χ1n) is 7.85. The second kappa shape index (κ2) is 8.28. The molecule has 1 aromatic carbocycles. The largest absolute Gasteiger partial charge is 0.368 e. The standard InChI is InChI=1S/C17H22N4O2.ClH/c1-23-17(7-10-18-11-8-17)16(22)20-15-5-3-14(4-6-15)13-21-12-2-9-19-21;/h2-6,9,12,18H,7-8,10-11,13H2,1H3,(H,20,22);1H. The number of hydrogen-bond acceptors (Lipinski definition) is 4. The molecule has 0 aliphatic carbocycles. The quantitative estimate of drug-likeness (QED) is 0.866. The molecule has 0 radical (unpaired) electrons. The smallest absolute Gasteiger partial charge is 0.256 e. The lowest BCUT2D eigenvalue weighted by molar-refractivity contribution is -0.140. The van der Waals surface area contributed by atoms with E-state index in [4.69, 9.17) is 4.74 Å². The lowest BCUT2D eigenvalue weighted by Crippen LogP contribution is -2.51. The molecule has 0 saturated carbocycles. The number of anilines is 1. The van der Waals surface area contributed by atoms with Gasteiger partial charge in [-0.1, -0.05) is 12.1 Å². The second-order valence-electron chi connectivity index (χ2n) is 5.80. The summed E-state index contributed by atoms with van der Waals surface area (Å²) in [5, 5.41) is 10.4. The van der Waals surface area contributed by atoms with Crippen molar-refractivity contribution in [1.82, 2.24) is 15.1 Å². The summed E-state index contributed by atoms with van der Waals surface area (Å²) in [7, 11) is 1.61. The zero-order valence-corrected chi connectivity index (χ0v) is 14.5. The van der Waals surface area contributed by atoms with E-state index in [2.05, 4.69) is 15.7 Å². The fraction of sp³-hybridized carbons (Fsp3) is 0.412. The number of nitrogens with zero attached hydrogens (tertiary/aromatic N) is 2. The molecule has 1 amide bonds. The molecule has 24 heavy (non-hydrogen) atoms. The summed E-state index contributed by atoms with van der Waals surface area (Å²) in [6.45, 7) is 2.31. The molecule has 0 bridgehead atoms. The molecule has 1 fully saturated rings. The van der Waals surface area contributed by atoms with Crippen LogP contribution in [0.3, 0.4) is 0 Å². The van der Waals surface area contributed by atoms with E-state index in [1.807, 2.05) is 41.2 Å². The van der Waals surface area contributed by atoms with Crippen LogP contribution >= 0.6 is 12.4 Å². The lowest BCUT2D eigenvalue weighted by Gasteiger charge is -2.34. The van der Waals surface area contributed by atoms with Crippen LogP contribution in [0.15, 0.2) is 42.7 Å². The maximum Gasteiger partial charge on any atom is 0.256 e. The molecule has 7 heteroatoms. The van der Waals surface area contributed by atoms with Gasteiger partial charge in [0, 0.05) is 25.2 Å². The highest BCUT2D eigenvalue weighted by molar-refractivity contribution is 5.97. The third kappa shape index (κ3) is 4.14. The van der Waals surface area contributed by atoms with Gasteiger partial charge in [-0.05, 0) is 49.7 Å². The first-order valence-corrected chi connectivity index (χ1v) is 7.85. The Morgan fingerprint density at radius 1 is 1.33 bits per heavy atom. The number of aromatic nitrogens is 2. The van der Waals surface area contributed by atoms with Gasteiger partial charge in [0.15, 0.2) is 0 Å². The molecule has 3 rings (SSSR count). The van der Waals surface area contributed by atoms with Crippen molar-refractivity contribution in [3.8, 4) is 0 Å². The summed E-state index contributed by atoms with van der Waals surface area (Å²) in [4.78, 5) is 12.6. The monoisotopic (exact) mass is 350 g/mol. The fourth-order valence-corrected chi connectivity index (χ4v) is 2.87. The third-order valence-corrected chi connectivity index (χ3v) is 4.33. The van der Waals surface area contributed by atoms with Gasteiger partial charge in [-0.2, -0.15) is 5.10 Å². The molecule has 2 aromatic rings. The van der Waals surface area contributed by atoms with Gasteiger partial charge in [-0.25, -0.2) is 0 Å². The van der Waals surface area contributed by atoms with Gasteiger partial charge in [0.2, 0.25) is 0 Å². The predicted molar refractivity (Wildman–Crippen MR) is 95.5 cm³/mol. The van der Waals surface area contributed by atoms with Gasteiger partial charge < -0.3 is 15.4 Å². The minimum atomic E-state index is -0.723. The molecule has 6 nitrogen and oxygen atoms in total. The van der Waals surface area contributed by atoms with Gasteiger partial charge in [-0.15, -0.1) is 12.4 Å². The molecule has 130 valence electrons. The van der Waals surface area contributed by atoms with E-state index < -0.39 is 5.60 Å². The molecule has 0 spiro atoms. The normalized spacial score (nSPS) is 16.2. The van der Waals surface area contributed by atoms with E-state index in [1.54, 1.807) is 13.3 Å². The van der Waals surface area contributed by atoms with Crippen molar-refractivity contribution < 1.29 is 9.53 Å². The van der Waals surface area contributed by atoms with Crippen LogP contribution < -0.4 is 10.6 Å². The molecular weight excluding hydrogens is 328 g/mol. The molecule has 1 saturated heterocycles. The Morgan fingerprint density at radius 2 is 2.04 bits per heavy atom. The second-order valence-corrected chi connectivity index (χ2v) is 5.80. The van der Waals surface area contributed by atoms with Gasteiger partial charge in [0.25, 0.3) is 5.91 Å². The Balaban J connectivity index is 0.00000208. The summed E-state index contributed by atoms with van der Waals surface area (Å²) in [6.07, 6.45) is 5.06. The van der Waals surface area contributed by atoms with Gasteiger partial charge in [-0.3, -0.25) is 9.48 Å². The maximum atomic E-state index is 12.6. The number of benzene rings is 1. The van der Waals surface area contributed by atoms with Crippen LogP contribution in [0.2, 0.25) is 0 Å². The number of carbonyl (C=O) groups excluding carboxylic acids is 1. The Hall–Kier alpha value is -1.89. The van der Waals surface area contributed by atoms with Crippen molar-refractivity contribution in [3.63, 3.8) is 0 Å². The first kappa shape index (κ1) is 18.4. The highest BCUT2D eigenvalue weighted by atomic mass is 35.5. The van der Waals surface area contributed by atoms with Crippen LogP contribution in [-0.4, -0.2) is 41.5 Å². The highest BCUT2D eigenvalue weighted by Crippen LogP contribution is 2.24. The molecule has 1 aliphatic heterocycles. The molecule has 0 unspecified atom stereocenters. The minimum absolute atomic E-state index is 0. The summed E-state index contributed by atoms with van der Waals surface area (Å²) in [5.74, 6) is -0.0682. The van der Waals surface area contributed by atoms with Crippen molar-refractivity contribution in [2.45, 2.75) is 25.0 Å². The average molecular weight is 351 g/mol. The summed E-state index contributed by atoms with van der Waals surface area (Å²) in [6, 6.07) is 9.73. The van der Waals surface area contributed by atoms with Crippen molar-refractivity contribution in [2.75, 3.05) is 25.5 Å². The van der Waals surface area contributed by atoms with E-state index >= 15 is 0 Å². The molecule has 1 aliphatic rings. The lowest BCUT2D eigenvalue weighted by atomic mass is 9.91. The van der Waals surface area contributed by atoms with Crippen LogP contribution in [0.25, 0.3) is 0 Å². The SMILES string of the molecule is COC1(C(=O)Nc2ccc(Cn3cccn3)cc2)CCNCC1.Cl. The van der Waals surface area contributed by atoms with Crippen molar-refractivity contribution in [3.05, 3.63) is 48.3 Å². The number of nitrogens with one attached hydrogen (secondary N) is 2. The summed E-state index contributed by atoms with van der Waals surface area (Å²) < 4.78 is 7.41. The molecule has 2 heterocycles. The van der Waals surface area contributed by atoms with Crippen molar-refractivity contribution in [2.24, 2.45) is 0 Å². The maximum absolute atomic E-state index is 12.6. The van der Waals surface area contributed by atoms with Gasteiger partial charge in [0.1, 0.15) is 5.60 Å². The molecule has 2 N–H and O–H groups in total. The summed E-state index contributed by atoms with van der Waals surface area (Å²) in [5.41, 5.74) is 1.20. The van der Waals surface area contributed by atoms with Crippen molar-refractivity contribution >= 4 is 24.0 Å². The van der Waals surface area contributed by atoms with E-state index in [9.17, 15) is 4.79 Å². The minimum Gasteiger partial charge on any atom is -0.368 e. The zero-order chi connectivity index (χ0) is 16.1. The Kier molecular flexibility index (Phi) is 6.36. The predicted octanol–water partition coefficient (Wildman–Crippen LogP) is 2.06. The van der Waals surface area contributed by atoms with Gasteiger partial charge >= 0.3 is 0 Å². The number of hydrogen-bond donors (Lipinski definition) is 2. The topological polar surface area (TPSA) is 68.2 Å². The number of methoxy groups -OCH3 is 1. The van der Waals surface area contributed by atoms with Gasteiger partial charge in [0.05, 0.1) is 6.54 Å². The molecule has 0 atom stereocenters. The van der Waals surface area contributed by atoms with Crippen LogP contribution in [0.1, 0.15) is 18.4 Å². The van der Waals surface area contributed by atoms with E-state index in [-0.39, 0.29) is 18.3 Å². The number of halogens is 1. The Bertz CT molecular complexity index is 637. The van der Waals surface area contributed by atoms with Crippen LogP contribution in [0.5, 0.6) is 0 Å². The number of rotatable bonds is 5. The first-order chi connectivity index (χ1) is 11.2. The Labute approximate surface area is 148 Å². The zero-order valence-electron chi connectivity index (χ0n) is 13.7. The fourth-order valence-electron chi connectivity index (χ4n) is 2.87. The van der Waals surface area contributed by atoms with E-state index in [1.165, 1.54) is 0 Å². The van der Waals surface area contributed by atoms with Crippen molar-refractivity contribution in [1.29, 1.82) is 0 Å². The number of ether oxygens (including phenoxy) is 1. The number of amides is 1. The van der Waals surface area contributed by atoms with Crippen LogP contribution in [0, 0.1) is 0 Å². The highest BCUT2D eigenvalue weighted by Gasteiger charge is 2.39. The van der Waals surface area contributed by atoms with E-state index in [0.717, 1.165) is 30.9 Å². The molecule has 1 aromatic heterocycles. The third-order valence-electron chi connectivity index (χ3n) is 4.33. The average Bonchev–Trinajstić information content (AvgIpc) is 3.10. The van der Waals surface area contributed by atoms with E-state index in [0.29, 0.717) is 12.8 Å². The number of piperidine rings is 1. The van der Waals surface area contributed by atoms with Crippen LogP contribution in [0.4, 0.5) is 5.69 Å². The van der Waals surface area contributed by atoms with Crippen LogP contribution in [-0.2, 0) is 16.1 Å². The molecular formula is C17H23ClN4O2. The number of carbonyl (C=O) groups is 1.